The molecule has 0 aliphatic rings. The lowest BCUT2D eigenvalue weighted by molar-refractivity contribution is 0.587. The highest BCUT2D eigenvalue weighted by Gasteiger charge is 2.10. The van der Waals surface area contributed by atoms with Gasteiger partial charge in [0.15, 0.2) is 0 Å². The van der Waals surface area contributed by atoms with Crippen LogP contribution in [-0.2, 0) is 0 Å². The van der Waals surface area contributed by atoms with E-state index >= 15 is 0 Å². The summed E-state index contributed by atoms with van der Waals surface area (Å²) in [5, 5.41) is 6.43. The number of nitrogens with one attached hydrogen (secondary N) is 1. The zero-order valence-electron chi connectivity index (χ0n) is 9.47. The maximum atomic E-state index is 4.59. The Morgan fingerprint density at radius 3 is 3.00 bits per heavy atom. The van der Waals surface area contributed by atoms with E-state index in [4.69, 9.17) is 0 Å². The molecule has 84 valence electrons. The Morgan fingerprint density at radius 1 is 1.44 bits per heavy atom. The van der Waals surface area contributed by atoms with Crippen LogP contribution < -0.4 is 5.32 Å². The van der Waals surface area contributed by atoms with Gasteiger partial charge in [0.25, 0.3) is 0 Å². The van der Waals surface area contributed by atoms with Gasteiger partial charge >= 0.3 is 0 Å². The third-order valence-electron chi connectivity index (χ3n) is 2.36. The van der Waals surface area contributed by atoms with E-state index in [0.717, 1.165) is 22.9 Å². The summed E-state index contributed by atoms with van der Waals surface area (Å²) in [5.41, 5.74) is 2.04. The van der Waals surface area contributed by atoms with Gasteiger partial charge in [0.05, 0.1) is 11.4 Å². The molecule has 1 atom stereocenters. The van der Waals surface area contributed by atoms with Crippen LogP contribution in [0, 0.1) is 0 Å². The first-order valence-electron chi connectivity index (χ1n) is 5.41. The van der Waals surface area contributed by atoms with Crippen LogP contribution in [0.25, 0.3) is 10.7 Å². The molecule has 16 heavy (non-hydrogen) atoms. The Morgan fingerprint density at radius 2 is 2.31 bits per heavy atom. The number of thiazole rings is 1. The molecule has 4 heteroatoms. The molecule has 0 spiro atoms. The molecule has 0 saturated carbocycles. The Balaban J connectivity index is 2.20. The van der Waals surface area contributed by atoms with Gasteiger partial charge in [-0.05, 0) is 25.6 Å². The standard InChI is InChI=1S/C12H15N3S/c1-3-13-9(2)11-8-16-12(15-11)10-6-4-5-7-14-10/h4-9,13H,3H2,1-2H3. The van der Waals surface area contributed by atoms with Crippen LogP contribution in [0.1, 0.15) is 25.6 Å². The Labute approximate surface area is 99.6 Å². The van der Waals surface area contributed by atoms with Crippen molar-refractivity contribution in [3.8, 4) is 10.7 Å². The molecule has 3 nitrogen and oxygen atoms in total. The number of pyridine rings is 1. The first kappa shape index (κ1) is 11.2. The number of rotatable bonds is 4. The number of nitrogens with zero attached hydrogens (tertiary/aromatic N) is 2. The molecule has 0 radical (unpaired) electrons. The number of hydrogen-bond donors (Lipinski definition) is 1. The van der Waals surface area contributed by atoms with Crippen molar-refractivity contribution in [2.75, 3.05) is 6.54 Å². The summed E-state index contributed by atoms with van der Waals surface area (Å²) >= 11 is 1.64. The molecule has 0 bridgehead atoms. The lowest BCUT2D eigenvalue weighted by Gasteiger charge is -2.07. The molecule has 2 aromatic rings. The molecule has 0 aliphatic heterocycles. The summed E-state index contributed by atoms with van der Waals surface area (Å²) in [6.45, 7) is 5.18. The van der Waals surface area contributed by atoms with Crippen LogP contribution in [-0.4, -0.2) is 16.5 Å². The molecule has 0 aliphatic carbocycles. The molecule has 0 aromatic carbocycles. The SMILES string of the molecule is CCNC(C)c1csc(-c2ccccn2)n1. The van der Waals surface area contributed by atoms with Crippen LogP contribution in [0.15, 0.2) is 29.8 Å². The summed E-state index contributed by atoms with van der Waals surface area (Å²) in [6, 6.07) is 6.19. The fraction of sp³-hybridized carbons (Fsp3) is 0.333. The van der Waals surface area contributed by atoms with E-state index < -0.39 is 0 Å². The molecule has 2 aromatic heterocycles. The fourth-order valence-corrected chi connectivity index (χ4v) is 2.39. The van der Waals surface area contributed by atoms with Gasteiger partial charge in [0.2, 0.25) is 0 Å². The summed E-state index contributed by atoms with van der Waals surface area (Å²) in [4.78, 5) is 8.89. The van der Waals surface area contributed by atoms with Crippen LogP contribution >= 0.6 is 11.3 Å². The topological polar surface area (TPSA) is 37.8 Å². The van der Waals surface area contributed by atoms with Crippen molar-refractivity contribution in [3.05, 3.63) is 35.5 Å². The third kappa shape index (κ3) is 2.46. The highest BCUT2D eigenvalue weighted by Crippen LogP contribution is 2.24. The molecular formula is C12H15N3S. The predicted molar refractivity (Wildman–Crippen MR) is 67.4 cm³/mol. The van der Waals surface area contributed by atoms with E-state index in [1.807, 2.05) is 18.2 Å². The van der Waals surface area contributed by atoms with Crippen molar-refractivity contribution in [2.24, 2.45) is 0 Å². The molecular weight excluding hydrogens is 218 g/mol. The second-order valence-electron chi connectivity index (χ2n) is 3.57. The Kier molecular flexibility index (Phi) is 3.64. The summed E-state index contributed by atoms with van der Waals surface area (Å²) in [5.74, 6) is 0. The van der Waals surface area contributed by atoms with Crippen LogP contribution in [0.5, 0.6) is 0 Å². The van der Waals surface area contributed by atoms with Crippen molar-refractivity contribution in [1.29, 1.82) is 0 Å². The molecule has 0 amide bonds. The van der Waals surface area contributed by atoms with Gasteiger partial charge in [-0.2, -0.15) is 0 Å². The molecule has 0 fully saturated rings. The van der Waals surface area contributed by atoms with Crippen molar-refractivity contribution < 1.29 is 0 Å². The van der Waals surface area contributed by atoms with E-state index in [-0.39, 0.29) is 0 Å². The maximum Gasteiger partial charge on any atom is 0.142 e. The van der Waals surface area contributed by atoms with Crippen LogP contribution in [0.4, 0.5) is 0 Å². The van der Waals surface area contributed by atoms with Crippen molar-refractivity contribution in [2.45, 2.75) is 19.9 Å². The van der Waals surface area contributed by atoms with Gasteiger partial charge in [-0.3, -0.25) is 4.98 Å². The lowest BCUT2D eigenvalue weighted by Crippen LogP contribution is -2.17. The van der Waals surface area contributed by atoms with Gasteiger partial charge in [-0.1, -0.05) is 13.0 Å². The number of aromatic nitrogens is 2. The number of hydrogen-bond acceptors (Lipinski definition) is 4. The summed E-state index contributed by atoms with van der Waals surface area (Å²) < 4.78 is 0. The smallest absolute Gasteiger partial charge is 0.142 e. The lowest BCUT2D eigenvalue weighted by atomic mass is 10.2. The monoisotopic (exact) mass is 233 g/mol. The van der Waals surface area contributed by atoms with Crippen molar-refractivity contribution in [3.63, 3.8) is 0 Å². The molecule has 2 heterocycles. The van der Waals surface area contributed by atoms with Crippen molar-refractivity contribution in [1.82, 2.24) is 15.3 Å². The highest BCUT2D eigenvalue weighted by molar-refractivity contribution is 7.13. The zero-order valence-corrected chi connectivity index (χ0v) is 10.3. The minimum Gasteiger partial charge on any atom is -0.309 e. The molecule has 1 N–H and O–H groups in total. The average molecular weight is 233 g/mol. The molecule has 2 rings (SSSR count). The second-order valence-corrected chi connectivity index (χ2v) is 4.43. The van der Waals surface area contributed by atoms with Gasteiger partial charge in [0, 0.05) is 17.6 Å². The Hall–Kier alpha value is -1.26. The maximum absolute atomic E-state index is 4.59. The highest BCUT2D eigenvalue weighted by atomic mass is 32.1. The minimum atomic E-state index is 0.304. The quantitative estimate of drug-likeness (QED) is 0.882. The normalized spacial score (nSPS) is 12.6. The van der Waals surface area contributed by atoms with Crippen LogP contribution in [0.2, 0.25) is 0 Å². The fourth-order valence-electron chi connectivity index (χ4n) is 1.50. The van der Waals surface area contributed by atoms with E-state index in [1.165, 1.54) is 0 Å². The average Bonchev–Trinajstić information content (AvgIpc) is 2.80. The van der Waals surface area contributed by atoms with E-state index in [0.29, 0.717) is 6.04 Å². The minimum absolute atomic E-state index is 0.304. The first-order valence-corrected chi connectivity index (χ1v) is 6.29. The van der Waals surface area contributed by atoms with Gasteiger partial charge in [0.1, 0.15) is 5.01 Å². The molecule has 0 saturated heterocycles. The first-order chi connectivity index (χ1) is 7.81. The summed E-state index contributed by atoms with van der Waals surface area (Å²) in [6.07, 6.45) is 1.80. The van der Waals surface area contributed by atoms with Gasteiger partial charge in [-0.15, -0.1) is 11.3 Å². The van der Waals surface area contributed by atoms with Crippen LogP contribution in [0.3, 0.4) is 0 Å². The van der Waals surface area contributed by atoms with Gasteiger partial charge < -0.3 is 5.32 Å². The van der Waals surface area contributed by atoms with E-state index in [9.17, 15) is 0 Å². The Bertz CT molecular complexity index is 439. The third-order valence-corrected chi connectivity index (χ3v) is 3.24. The predicted octanol–water partition coefficient (Wildman–Crippen LogP) is 2.88. The zero-order chi connectivity index (χ0) is 11.4. The van der Waals surface area contributed by atoms with Crippen molar-refractivity contribution >= 4 is 11.3 Å². The largest absolute Gasteiger partial charge is 0.309 e. The summed E-state index contributed by atoms with van der Waals surface area (Å²) in [7, 11) is 0. The van der Waals surface area contributed by atoms with Gasteiger partial charge in [-0.25, -0.2) is 4.98 Å². The van der Waals surface area contributed by atoms with E-state index in [1.54, 1.807) is 17.5 Å². The van der Waals surface area contributed by atoms with E-state index in [2.05, 4.69) is 34.5 Å². The molecule has 1 unspecified atom stereocenters. The second kappa shape index (κ2) is 5.18.